The minimum absolute atomic E-state index is 0.202. The zero-order valence-electron chi connectivity index (χ0n) is 10.7. The Hall–Kier alpha value is -0.820. The SMILES string of the molecule is C[C@@H](CCCS(=O)(=O)O)NC(=O)OC(C)(C)C. The van der Waals surface area contributed by atoms with Gasteiger partial charge < -0.3 is 10.1 Å². The molecule has 0 aromatic rings. The van der Waals surface area contributed by atoms with Crippen LogP contribution < -0.4 is 5.32 Å². The number of carbonyl (C=O) groups is 1. The van der Waals surface area contributed by atoms with Gasteiger partial charge in [0.15, 0.2) is 0 Å². The van der Waals surface area contributed by atoms with Crippen molar-refractivity contribution in [3.8, 4) is 0 Å². The predicted octanol–water partition coefficient (Wildman–Crippen LogP) is 1.57. The molecule has 7 heteroatoms. The van der Waals surface area contributed by atoms with E-state index in [2.05, 4.69) is 5.32 Å². The van der Waals surface area contributed by atoms with E-state index in [0.29, 0.717) is 6.42 Å². The van der Waals surface area contributed by atoms with Crippen molar-refractivity contribution in [1.82, 2.24) is 5.32 Å². The molecular weight excluding hydrogens is 246 g/mol. The van der Waals surface area contributed by atoms with E-state index >= 15 is 0 Å². The van der Waals surface area contributed by atoms with Gasteiger partial charge in [0, 0.05) is 6.04 Å². The number of carbonyl (C=O) groups excluding carboxylic acids is 1. The van der Waals surface area contributed by atoms with Crippen molar-refractivity contribution in [2.75, 3.05) is 5.75 Å². The van der Waals surface area contributed by atoms with Crippen LogP contribution in [0, 0.1) is 0 Å². The molecule has 0 aromatic heterocycles. The molecule has 0 aromatic carbocycles. The van der Waals surface area contributed by atoms with Crippen molar-refractivity contribution in [2.45, 2.75) is 52.2 Å². The van der Waals surface area contributed by atoms with Crippen LogP contribution in [0.15, 0.2) is 0 Å². The molecule has 0 bridgehead atoms. The van der Waals surface area contributed by atoms with Crippen LogP contribution in [0.3, 0.4) is 0 Å². The van der Waals surface area contributed by atoms with Crippen LogP contribution in [0.1, 0.15) is 40.5 Å². The quantitative estimate of drug-likeness (QED) is 0.737. The summed E-state index contributed by atoms with van der Waals surface area (Å²) < 4.78 is 34.5. The third-order valence-corrected chi connectivity index (χ3v) is 2.61. The molecule has 6 nitrogen and oxygen atoms in total. The van der Waals surface area contributed by atoms with Gasteiger partial charge in [-0.1, -0.05) is 0 Å². The zero-order valence-corrected chi connectivity index (χ0v) is 11.5. The number of hydrogen-bond donors (Lipinski definition) is 2. The molecule has 0 unspecified atom stereocenters. The third kappa shape index (κ3) is 11.4. The average molecular weight is 267 g/mol. The third-order valence-electron chi connectivity index (χ3n) is 1.80. The van der Waals surface area contributed by atoms with Crippen molar-refractivity contribution in [2.24, 2.45) is 0 Å². The molecule has 0 radical (unpaired) electrons. The van der Waals surface area contributed by atoms with Gasteiger partial charge in [-0.2, -0.15) is 8.42 Å². The maximum atomic E-state index is 11.3. The van der Waals surface area contributed by atoms with Crippen molar-refractivity contribution >= 4 is 16.2 Å². The highest BCUT2D eigenvalue weighted by atomic mass is 32.2. The maximum absolute atomic E-state index is 11.3. The van der Waals surface area contributed by atoms with Crippen LogP contribution >= 0.6 is 0 Å². The lowest BCUT2D eigenvalue weighted by Crippen LogP contribution is -2.37. The first kappa shape index (κ1) is 16.2. The van der Waals surface area contributed by atoms with Crippen LogP contribution in [-0.2, 0) is 14.9 Å². The summed E-state index contributed by atoms with van der Waals surface area (Å²) in [6.45, 7) is 7.02. The topological polar surface area (TPSA) is 92.7 Å². The van der Waals surface area contributed by atoms with E-state index in [1.54, 1.807) is 27.7 Å². The summed E-state index contributed by atoms with van der Waals surface area (Å²) in [5.74, 6) is -0.298. The molecule has 0 heterocycles. The van der Waals surface area contributed by atoms with Crippen LogP contribution in [0.5, 0.6) is 0 Å². The molecule has 1 atom stereocenters. The number of hydrogen-bond acceptors (Lipinski definition) is 4. The van der Waals surface area contributed by atoms with Crippen molar-refractivity contribution < 1.29 is 22.5 Å². The largest absolute Gasteiger partial charge is 0.444 e. The lowest BCUT2D eigenvalue weighted by molar-refractivity contribution is 0.0506. The van der Waals surface area contributed by atoms with E-state index < -0.39 is 21.8 Å². The molecule has 0 fully saturated rings. The standard InChI is InChI=1S/C10H21NO5S/c1-8(6-5-7-17(13,14)15)11-9(12)16-10(2,3)4/h8H,5-7H2,1-4H3,(H,11,12)(H,13,14,15)/t8-/m0/s1. The van der Waals surface area contributed by atoms with E-state index in [1.807, 2.05) is 0 Å². The van der Waals surface area contributed by atoms with Crippen LogP contribution in [0.4, 0.5) is 4.79 Å². The fourth-order valence-electron chi connectivity index (χ4n) is 1.15. The summed E-state index contributed by atoms with van der Waals surface area (Å²) >= 11 is 0. The summed E-state index contributed by atoms with van der Waals surface area (Å²) in [6.07, 6.45) is 0.214. The molecule has 0 rings (SSSR count). The number of amides is 1. The average Bonchev–Trinajstić information content (AvgIpc) is 1.96. The molecule has 0 aliphatic heterocycles. The Morgan fingerprint density at radius 3 is 2.35 bits per heavy atom. The van der Waals surface area contributed by atoms with Gasteiger partial charge in [-0.25, -0.2) is 4.79 Å². The monoisotopic (exact) mass is 267 g/mol. The predicted molar refractivity (Wildman–Crippen MR) is 64.5 cm³/mol. The van der Waals surface area contributed by atoms with Crippen molar-refractivity contribution in [1.29, 1.82) is 0 Å². The molecule has 102 valence electrons. The molecule has 1 amide bonds. The first-order valence-electron chi connectivity index (χ1n) is 5.44. The summed E-state index contributed by atoms with van der Waals surface area (Å²) in [4.78, 5) is 11.3. The molecule has 0 saturated carbocycles. The number of alkyl carbamates (subject to hydrolysis) is 1. The molecule has 2 N–H and O–H groups in total. The van der Waals surface area contributed by atoms with Gasteiger partial charge in [0.1, 0.15) is 5.60 Å². The Balaban J connectivity index is 3.87. The molecule has 0 aliphatic carbocycles. The molecule has 17 heavy (non-hydrogen) atoms. The summed E-state index contributed by atoms with van der Waals surface area (Å²) in [5, 5.41) is 2.59. The smallest absolute Gasteiger partial charge is 0.407 e. The number of ether oxygens (including phenoxy) is 1. The molecule has 0 saturated heterocycles. The summed E-state index contributed by atoms with van der Waals surface area (Å²) in [5.41, 5.74) is -0.557. The second-order valence-electron chi connectivity index (χ2n) is 4.98. The van der Waals surface area contributed by atoms with E-state index in [1.165, 1.54) is 0 Å². The minimum Gasteiger partial charge on any atom is -0.444 e. The first-order chi connectivity index (χ1) is 7.49. The van der Waals surface area contributed by atoms with E-state index in [9.17, 15) is 13.2 Å². The molecule has 0 spiro atoms. The lowest BCUT2D eigenvalue weighted by atomic mass is 10.2. The fourth-order valence-corrected chi connectivity index (χ4v) is 1.68. The second kappa shape index (κ2) is 6.20. The highest BCUT2D eigenvalue weighted by Crippen LogP contribution is 2.07. The summed E-state index contributed by atoms with van der Waals surface area (Å²) in [6, 6.07) is -0.202. The van der Waals surface area contributed by atoms with Crippen molar-refractivity contribution in [3.05, 3.63) is 0 Å². The van der Waals surface area contributed by atoms with E-state index in [4.69, 9.17) is 9.29 Å². The second-order valence-corrected chi connectivity index (χ2v) is 6.55. The van der Waals surface area contributed by atoms with Gasteiger partial charge in [-0.05, 0) is 40.5 Å². The van der Waals surface area contributed by atoms with Gasteiger partial charge in [-0.15, -0.1) is 0 Å². The van der Waals surface area contributed by atoms with Crippen LogP contribution in [-0.4, -0.2) is 36.5 Å². The Morgan fingerprint density at radius 1 is 1.41 bits per heavy atom. The summed E-state index contributed by atoms with van der Waals surface area (Å²) in [7, 11) is -3.92. The van der Waals surface area contributed by atoms with Crippen LogP contribution in [0.25, 0.3) is 0 Å². The van der Waals surface area contributed by atoms with Gasteiger partial charge in [-0.3, -0.25) is 4.55 Å². The highest BCUT2D eigenvalue weighted by molar-refractivity contribution is 7.85. The normalized spacial score (nSPS) is 14.2. The Kier molecular flexibility index (Phi) is 5.91. The van der Waals surface area contributed by atoms with E-state index in [-0.39, 0.29) is 18.2 Å². The Bertz CT molecular complexity index is 344. The van der Waals surface area contributed by atoms with Gasteiger partial charge in [0.2, 0.25) is 0 Å². The van der Waals surface area contributed by atoms with E-state index in [0.717, 1.165) is 0 Å². The molecular formula is C10H21NO5S. The number of nitrogens with one attached hydrogen (secondary N) is 1. The maximum Gasteiger partial charge on any atom is 0.407 e. The zero-order chi connectivity index (χ0) is 13.7. The van der Waals surface area contributed by atoms with Gasteiger partial charge >= 0.3 is 6.09 Å². The Labute approximate surface area is 102 Å². The number of rotatable bonds is 5. The lowest BCUT2D eigenvalue weighted by Gasteiger charge is -2.21. The van der Waals surface area contributed by atoms with Crippen molar-refractivity contribution in [3.63, 3.8) is 0 Å². The Morgan fingerprint density at radius 2 is 1.94 bits per heavy atom. The first-order valence-corrected chi connectivity index (χ1v) is 7.05. The van der Waals surface area contributed by atoms with Crippen LogP contribution in [0.2, 0.25) is 0 Å². The minimum atomic E-state index is -3.92. The molecule has 0 aliphatic rings. The van der Waals surface area contributed by atoms with Gasteiger partial charge in [0.05, 0.1) is 5.75 Å². The fraction of sp³-hybridized carbons (Fsp3) is 0.900. The van der Waals surface area contributed by atoms with Gasteiger partial charge in [0.25, 0.3) is 10.1 Å². The highest BCUT2D eigenvalue weighted by Gasteiger charge is 2.17.